The topological polar surface area (TPSA) is 56.7 Å². The van der Waals surface area contributed by atoms with Crippen LogP contribution in [0.15, 0.2) is 75.0 Å². The second kappa shape index (κ2) is 7.47. The zero-order chi connectivity index (χ0) is 17.9. The average molecular weight is 427 g/mol. The molecule has 0 saturated carbocycles. The van der Waals surface area contributed by atoms with Crippen molar-refractivity contribution in [2.75, 3.05) is 0 Å². The summed E-state index contributed by atoms with van der Waals surface area (Å²) in [6, 6.07) is 16.0. The summed E-state index contributed by atoms with van der Waals surface area (Å²) in [5.41, 5.74) is 3.22. The maximum atomic E-state index is 5.78. The summed E-state index contributed by atoms with van der Waals surface area (Å²) in [7, 11) is 0. The molecular weight excluding hydrogens is 412 g/mol. The number of para-hydroxylation sites is 1. The lowest BCUT2D eigenvalue weighted by Gasteiger charge is -2.09. The van der Waals surface area contributed by atoms with Crippen molar-refractivity contribution in [2.45, 2.75) is 17.8 Å². The second-order valence-electron chi connectivity index (χ2n) is 5.66. The van der Waals surface area contributed by atoms with Crippen molar-refractivity contribution in [3.05, 3.63) is 76.9 Å². The number of halogens is 1. The van der Waals surface area contributed by atoms with Gasteiger partial charge in [0.25, 0.3) is 0 Å². The van der Waals surface area contributed by atoms with Crippen LogP contribution in [0.25, 0.3) is 17.1 Å². The molecule has 4 rings (SSSR count). The van der Waals surface area contributed by atoms with Crippen molar-refractivity contribution >= 4 is 27.7 Å². The molecule has 7 heteroatoms. The molecule has 0 aliphatic carbocycles. The van der Waals surface area contributed by atoms with Crippen LogP contribution in [0.1, 0.15) is 11.5 Å². The molecule has 0 amide bonds. The zero-order valence-electron chi connectivity index (χ0n) is 14.0. The Bertz CT molecular complexity index is 1030. The molecule has 0 fully saturated rings. The lowest BCUT2D eigenvalue weighted by Crippen LogP contribution is -1.97. The van der Waals surface area contributed by atoms with Crippen LogP contribution in [-0.4, -0.2) is 19.7 Å². The van der Waals surface area contributed by atoms with E-state index < -0.39 is 0 Å². The normalized spacial score (nSPS) is 11.0. The van der Waals surface area contributed by atoms with Crippen molar-refractivity contribution in [1.29, 1.82) is 0 Å². The van der Waals surface area contributed by atoms with Crippen LogP contribution in [0.2, 0.25) is 0 Å². The molecule has 0 atom stereocenters. The highest BCUT2D eigenvalue weighted by Crippen LogP contribution is 2.27. The molecule has 0 N–H and O–H groups in total. The lowest BCUT2D eigenvalue weighted by atomic mass is 10.2. The number of benzene rings is 2. The lowest BCUT2D eigenvalue weighted by molar-refractivity contribution is 0.528. The highest BCUT2D eigenvalue weighted by Gasteiger charge is 2.12. The van der Waals surface area contributed by atoms with Gasteiger partial charge >= 0.3 is 0 Å². The van der Waals surface area contributed by atoms with E-state index in [4.69, 9.17) is 4.42 Å². The van der Waals surface area contributed by atoms with Crippen LogP contribution in [-0.2, 0) is 5.75 Å². The Morgan fingerprint density at radius 2 is 1.88 bits per heavy atom. The Morgan fingerprint density at radius 1 is 1.08 bits per heavy atom. The van der Waals surface area contributed by atoms with Gasteiger partial charge in [-0.25, -0.2) is 4.98 Å². The van der Waals surface area contributed by atoms with Crippen molar-refractivity contribution < 1.29 is 4.42 Å². The molecule has 0 radical (unpaired) electrons. The van der Waals surface area contributed by atoms with Gasteiger partial charge in [-0.1, -0.05) is 45.9 Å². The molecule has 0 unspecified atom stereocenters. The standard InChI is InChI=1S/C19H15BrN4OS/c1-13-4-2-3-5-16(13)24-11-10-21-19(24)26-12-17-22-23-18(25-17)14-6-8-15(20)9-7-14/h2-11H,12H2,1H3. The quantitative estimate of drug-likeness (QED) is 0.406. The third kappa shape index (κ3) is 3.59. The molecule has 0 spiro atoms. The molecule has 0 bridgehead atoms. The van der Waals surface area contributed by atoms with E-state index in [9.17, 15) is 0 Å². The van der Waals surface area contributed by atoms with Gasteiger partial charge in [0, 0.05) is 22.4 Å². The molecule has 0 saturated heterocycles. The van der Waals surface area contributed by atoms with E-state index in [1.54, 1.807) is 18.0 Å². The van der Waals surface area contributed by atoms with Gasteiger partial charge in [-0.05, 0) is 42.8 Å². The van der Waals surface area contributed by atoms with Crippen LogP contribution in [0, 0.1) is 6.92 Å². The number of aromatic nitrogens is 4. The second-order valence-corrected chi connectivity index (χ2v) is 7.52. The van der Waals surface area contributed by atoms with E-state index in [2.05, 4.69) is 54.7 Å². The number of rotatable bonds is 5. The minimum atomic E-state index is 0.523. The molecule has 130 valence electrons. The monoisotopic (exact) mass is 426 g/mol. The molecule has 0 aliphatic heterocycles. The van der Waals surface area contributed by atoms with Crippen molar-refractivity contribution in [1.82, 2.24) is 19.7 Å². The molecule has 2 aromatic carbocycles. The first-order valence-electron chi connectivity index (χ1n) is 8.01. The zero-order valence-corrected chi connectivity index (χ0v) is 16.4. The number of nitrogens with zero attached hydrogens (tertiary/aromatic N) is 4. The third-order valence-corrected chi connectivity index (χ3v) is 5.34. The Hall–Kier alpha value is -2.38. The SMILES string of the molecule is Cc1ccccc1-n1ccnc1SCc1nnc(-c2ccc(Br)cc2)o1. The van der Waals surface area contributed by atoms with Crippen LogP contribution in [0.4, 0.5) is 0 Å². The van der Waals surface area contributed by atoms with Crippen LogP contribution in [0.3, 0.4) is 0 Å². The van der Waals surface area contributed by atoms with Gasteiger partial charge in [0.05, 0.1) is 11.4 Å². The summed E-state index contributed by atoms with van der Waals surface area (Å²) in [6.07, 6.45) is 3.77. The van der Waals surface area contributed by atoms with E-state index in [1.165, 1.54) is 5.56 Å². The van der Waals surface area contributed by atoms with E-state index in [1.807, 2.05) is 42.6 Å². The molecule has 26 heavy (non-hydrogen) atoms. The van der Waals surface area contributed by atoms with E-state index in [-0.39, 0.29) is 0 Å². The maximum absolute atomic E-state index is 5.78. The Balaban J connectivity index is 1.50. The van der Waals surface area contributed by atoms with Crippen LogP contribution in [0.5, 0.6) is 0 Å². The fourth-order valence-electron chi connectivity index (χ4n) is 2.56. The summed E-state index contributed by atoms with van der Waals surface area (Å²) >= 11 is 4.99. The van der Waals surface area contributed by atoms with Gasteiger partial charge < -0.3 is 4.42 Å². The van der Waals surface area contributed by atoms with Gasteiger partial charge in [-0.3, -0.25) is 4.57 Å². The van der Waals surface area contributed by atoms with Crippen LogP contribution >= 0.6 is 27.7 Å². The Kier molecular flexibility index (Phi) is 4.90. The Morgan fingerprint density at radius 3 is 2.69 bits per heavy atom. The molecule has 4 aromatic rings. The van der Waals surface area contributed by atoms with Crippen molar-refractivity contribution in [3.8, 4) is 17.1 Å². The minimum Gasteiger partial charge on any atom is -0.420 e. The molecule has 0 aliphatic rings. The number of imidazole rings is 1. The largest absolute Gasteiger partial charge is 0.420 e. The third-order valence-electron chi connectivity index (χ3n) is 3.86. The van der Waals surface area contributed by atoms with Gasteiger partial charge in [0.1, 0.15) is 0 Å². The highest BCUT2D eigenvalue weighted by atomic mass is 79.9. The maximum Gasteiger partial charge on any atom is 0.247 e. The predicted molar refractivity (Wildman–Crippen MR) is 105 cm³/mol. The first kappa shape index (κ1) is 17.1. The summed E-state index contributed by atoms with van der Waals surface area (Å²) in [4.78, 5) is 4.45. The van der Waals surface area contributed by atoms with Gasteiger partial charge in [0.15, 0.2) is 5.16 Å². The van der Waals surface area contributed by atoms with E-state index in [0.29, 0.717) is 17.5 Å². The predicted octanol–water partition coefficient (Wildman–Crippen LogP) is 5.29. The van der Waals surface area contributed by atoms with E-state index >= 15 is 0 Å². The van der Waals surface area contributed by atoms with Crippen molar-refractivity contribution in [3.63, 3.8) is 0 Å². The summed E-state index contributed by atoms with van der Waals surface area (Å²) in [6.45, 7) is 2.09. The summed E-state index contributed by atoms with van der Waals surface area (Å²) in [5.74, 6) is 1.66. The van der Waals surface area contributed by atoms with Crippen molar-refractivity contribution in [2.24, 2.45) is 0 Å². The van der Waals surface area contributed by atoms with Gasteiger partial charge in [-0.2, -0.15) is 0 Å². The first-order chi connectivity index (χ1) is 12.7. The van der Waals surface area contributed by atoms with E-state index in [0.717, 1.165) is 20.9 Å². The van der Waals surface area contributed by atoms with Gasteiger partial charge in [0.2, 0.25) is 11.8 Å². The van der Waals surface area contributed by atoms with Crippen LogP contribution < -0.4 is 0 Å². The van der Waals surface area contributed by atoms with Gasteiger partial charge in [-0.15, -0.1) is 10.2 Å². The molecule has 2 heterocycles. The number of hydrogen-bond donors (Lipinski definition) is 0. The highest BCUT2D eigenvalue weighted by molar-refractivity contribution is 9.10. The fraction of sp³-hybridized carbons (Fsp3) is 0.105. The summed E-state index contributed by atoms with van der Waals surface area (Å²) in [5, 5.41) is 9.18. The molecule has 2 aromatic heterocycles. The number of thioether (sulfide) groups is 1. The number of aryl methyl sites for hydroxylation is 1. The minimum absolute atomic E-state index is 0.523. The first-order valence-corrected chi connectivity index (χ1v) is 9.79. The summed E-state index contributed by atoms with van der Waals surface area (Å²) < 4.78 is 8.87. The average Bonchev–Trinajstić information content (AvgIpc) is 3.30. The molecular formula is C19H15BrN4OS. The fourth-order valence-corrected chi connectivity index (χ4v) is 3.63. The number of hydrogen-bond acceptors (Lipinski definition) is 5. The smallest absolute Gasteiger partial charge is 0.247 e. The Labute approximate surface area is 163 Å². The molecule has 5 nitrogen and oxygen atoms in total.